The third-order valence-electron chi connectivity index (χ3n) is 3.52. The van der Waals surface area contributed by atoms with Gasteiger partial charge in [-0.05, 0) is 36.1 Å². The molecule has 24 heavy (non-hydrogen) atoms. The van der Waals surface area contributed by atoms with E-state index in [4.69, 9.17) is 4.74 Å². The number of amides is 1. The molecule has 1 heterocycles. The summed E-state index contributed by atoms with van der Waals surface area (Å²) in [5.74, 6) is 0.735. The molecule has 0 aliphatic heterocycles. The molecular formula is C20H26N2O2. The molecule has 0 spiro atoms. The van der Waals surface area contributed by atoms with Crippen molar-refractivity contribution < 1.29 is 9.53 Å². The van der Waals surface area contributed by atoms with Crippen LogP contribution in [0.25, 0.3) is 0 Å². The van der Waals surface area contributed by atoms with E-state index in [0.29, 0.717) is 18.8 Å². The normalized spacial score (nSPS) is 11.2. The first-order valence-corrected chi connectivity index (χ1v) is 8.26. The van der Waals surface area contributed by atoms with Crippen molar-refractivity contribution in [2.75, 3.05) is 13.2 Å². The molecule has 0 atom stereocenters. The van der Waals surface area contributed by atoms with Crippen LogP contribution in [0.15, 0.2) is 42.6 Å². The van der Waals surface area contributed by atoms with Crippen molar-refractivity contribution in [2.45, 2.75) is 34.1 Å². The van der Waals surface area contributed by atoms with E-state index in [1.807, 2.05) is 30.3 Å². The number of pyridine rings is 1. The Labute approximate surface area is 144 Å². The maximum Gasteiger partial charge on any atom is 0.269 e. The number of nitrogens with zero attached hydrogens (tertiary/aromatic N) is 1. The fraction of sp³-hybridized carbons (Fsp3) is 0.400. The molecular weight excluding hydrogens is 300 g/mol. The van der Waals surface area contributed by atoms with Crippen LogP contribution in [0, 0.1) is 12.3 Å². The van der Waals surface area contributed by atoms with Crippen LogP contribution < -0.4 is 10.1 Å². The van der Waals surface area contributed by atoms with E-state index in [9.17, 15) is 4.79 Å². The predicted octanol–water partition coefficient (Wildman–Crippen LogP) is 3.79. The van der Waals surface area contributed by atoms with Gasteiger partial charge in [0.05, 0.1) is 6.61 Å². The zero-order chi connectivity index (χ0) is 17.6. The lowest BCUT2D eigenvalue weighted by Gasteiger charge is -2.18. The molecule has 128 valence electrons. The average Bonchev–Trinajstić information content (AvgIpc) is 2.54. The molecule has 4 heteroatoms. The molecule has 0 unspecified atom stereocenters. The quantitative estimate of drug-likeness (QED) is 0.879. The second kappa shape index (κ2) is 7.95. The average molecular weight is 326 g/mol. The molecule has 0 saturated carbocycles. The first-order chi connectivity index (χ1) is 11.3. The van der Waals surface area contributed by atoms with Crippen LogP contribution >= 0.6 is 0 Å². The number of carbonyl (C=O) groups excluding carboxylic acids is 1. The molecule has 1 N–H and O–H groups in total. The van der Waals surface area contributed by atoms with Crippen LogP contribution in [0.5, 0.6) is 5.75 Å². The first kappa shape index (κ1) is 18.0. The largest absolute Gasteiger partial charge is 0.493 e. The van der Waals surface area contributed by atoms with E-state index in [-0.39, 0.29) is 11.3 Å². The van der Waals surface area contributed by atoms with Gasteiger partial charge in [-0.2, -0.15) is 0 Å². The molecule has 2 rings (SSSR count). The lowest BCUT2D eigenvalue weighted by atomic mass is 9.97. The lowest BCUT2D eigenvalue weighted by Crippen LogP contribution is -2.32. The Morgan fingerprint density at radius 3 is 2.42 bits per heavy atom. The van der Waals surface area contributed by atoms with Crippen LogP contribution in [0.4, 0.5) is 0 Å². The minimum atomic E-state index is -0.132. The van der Waals surface area contributed by atoms with Gasteiger partial charge in [-0.15, -0.1) is 0 Å². The summed E-state index contributed by atoms with van der Waals surface area (Å²) in [7, 11) is 0. The molecule has 0 saturated heterocycles. The summed E-state index contributed by atoms with van der Waals surface area (Å²) in [5, 5.41) is 2.90. The molecule has 0 fully saturated rings. The van der Waals surface area contributed by atoms with Gasteiger partial charge in [-0.3, -0.25) is 9.78 Å². The maximum atomic E-state index is 12.0. The Balaban J connectivity index is 1.81. The Bertz CT molecular complexity index is 656. The number of ether oxygens (including phenoxy) is 1. The summed E-state index contributed by atoms with van der Waals surface area (Å²) in [6, 6.07) is 11.7. The first-order valence-electron chi connectivity index (χ1n) is 8.26. The number of carbonyl (C=O) groups is 1. The second-order valence-electron chi connectivity index (χ2n) is 7.21. The van der Waals surface area contributed by atoms with Crippen molar-refractivity contribution >= 4 is 5.91 Å². The van der Waals surface area contributed by atoms with Crippen molar-refractivity contribution in [3.8, 4) is 5.75 Å². The summed E-state index contributed by atoms with van der Waals surface area (Å²) in [4.78, 5) is 16.3. The molecule has 1 aromatic heterocycles. The fourth-order valence-corrected chi connectivity index (χ4v) is 2.06. The molecule has 4 nitrogen and oxygen atoms in total. The van der Waals surface area contributed by atoms with E-state index in [0.717, 1.165) is 17.7 Å². The van der Waals surface area contributed by atoms with Gasteiger partial charge in [0, 0.05) is 19.2 Å². The van der Waals surface area contributed by atoms with Gasteiger partial charge in [0.1, 0.15) is 11.4 Å². The third kappa shape index (κ3) is 6.03. The zero-order valence-electron chi connectivity index (χ0n) is 14.9. The van der Waals surface area contributed by atoms with Gasteiger partial charge in [0.25, 0.3) is 5.91 Å². The summed E-state index contributed by atoms with van der Waals surface area (Å²) in [6.45, 7) is 9.50. The maximum absolute atomic E-state index is 12.0. The molecule has 0 aliphatic carbocycles. The Hall–Kier alpha value is -2.36. The highest BCUT2D eigenvalue weighted by Crippen LogP contribution is 2.12. The molecule has 1 aromatic carbocycles. The Morgan fingerprint density at radius 1 is 1.12 bits per heavy atom. The van der Waals surface area contributed by atoms with Crippen molar-refractivity contribution in [3.05, 3.63) is 59.4 Å². The highest BCUT2D eigenvalue weighted by atomic mass is 16.5. The fourth-order valence-electron chi connectivity index (χ4n) is 2.06. The smallest absolute Gasteiger partial charge is 0.269 e. The van der Waals surface area contributed by atoms with E-state index < -0.39 is 0 Å². The van der Waals surface area contributed by atoms with Gasteiger partial charge in [0.2, 0.25) is 0 Å². The summed E-state index contributed by atoms with van der Waals surface area (Å²) >= 11 is 0. The minimum Gasteiger partial charge on any atom is -0.493 e. The van der Waals surface area contributed by atoms with Crippen molar-refractivity contribution in [1.29, 1.82) is 0 Å². The van der Waals surface area contributed by atoms with E-state index in [1.54, 1.807) is 12.3 Å². The SMILES string of the molecule is Cc1ccc(OCCc2ccc(C(=O)NCC(C)(C)C)nc2)cc1. The number of rotatable bonds is 6. The molecule has 0 aliphatic rings. The standard InChI is InChI=1S/C20H26N2O2/c1-15-5-8-17(9-6-15)24-12-11-16-7-10-18(21-13-16)19(23)22-14-20(2,3)4/h5-10,13H,11-12,14H2,1-4H3,(H,22,23). The van der Waals surface area contributed by atoms with E-state index in [1.165, 1.54) is 5.56 Å². The Kier molecular flexibility index (Phi) is 5.96. The lowest BCUT2D eigenvalue weighted by molar-refractivity contribution is 0.0934. The van der Waals surface area contributed by atoms with Crippen LogP contribution in [-0.2, 0) is 6.42 Å². The van der Waals surface area contributed by atoms with Crippen LogP contribution in [-0.4, -0.2) is 24.0 Å². The zero-order valence-corrected chi connectivity index (χ0v) is 14.9. The van der Waals surface area contributed by atoms with Gasteiger partial charge >= 0.3 is 0 Å². The predicted molar refractivity (Wildman–Crippen MR) is 96.4 cm³/mol. The van der Waals surface area contributed by atoms with Gasteiger partial charge in [0.15, 0.2) is 0 Å². The van der Waals surface area contributed by atoms with Crippen LogP contribution in [0.3, 0.4) is 0 Å². The van der Waals surface area contributed by atoms with E-state index in [2.05, 4.69) is 38.0 Å². The Morgan fingerprint density at radius 2 is 1.83 bits per heavy atom. The number of nitrogens with one attached hydrogen (secondary N) is 1. The van der Waals surface area contributed by atoms with Crippen LogP contribution in [0.2, 0.25) is 0 Å². The van der Waals surface area contributed by atoms with Gasteiger partial charge < -0.3 is 10.1 Å². The summed E-state index contributed by atoms with van der Waals surface area (Å²) in [6.07, 6.45) is 2.50. The number of aromatic nitrogens is 1. The number of aryl methyl sites for hydroxylation is 1. The third-order valence-corrected chi connectivity index (χ3v) is 3.52. The highest BCUT2D eigenvalue weighted by Gasteiger charge is 2.13. The van der Waals surface area contributed by atoms with E-state index >= 15 is 0 Å². The number of hydrogen-bond donors (Lipinski definition) is 1. The molecule has 2 aromatic rings. The minimum absolute atomic E-state index is 0.0585. The summed E-state index contributed by atoms with van der Waals surface area (Å²) < 4.78 is 5.71. The molecule has 0 bridgehead atoms. The second-order valence-corrected chi connectivity index (χ2v) is 7.21. The topological polar surface area (TPSA) is 51.2 Å². The summed E-state index contributed by atoms with van der Waals surface area (Å²) in [5.41, 5.74) is 2.77. The molecule has 1 amide bonds. The number of hydrogen-bond acceptors (Lipinski definition) is 3. The van der Waals surface area contributed by atoms with Gasteiger partial charge in [-0.25, -0.2) is 0 Å². The molecule has 0 radical (unpaired) electrons. The van der Waals surface area contributed by atoms with Crippen molar-refractivity contribution in [3.63, 3.8) is 0 Å². The highest BCUT2D eigenvalue weighted by molar-refractivity contribution is 5.92. The van der Waals surface area contributed by atoms with Crippen molar-refractivity contribution in [2.24, 2.45) is 5.41 Å². The monoisotopic (exact) mass is 326 g/mol. The van der Waals surface area contributed by atoms with Gasteiger partial charge in [-0.1, -0.05) is 44.5 Å². The van der Waals surface area contributed by atoms with Crippen molar-refractivity contribution in [1.82, 2.24) is 10.3 Å². The number of benzene rings is 1. The van der Waals surface area contributed by atoms with Crippen LogP contribution in [0.1, 0.15) is 42.4 Å².